The zero-order valence-electron chi connectivity index (χ0n) is 25.0. The SMILES string of the molecule is CC(C)(C)c1[c-]c2c(cc1)-c1ccc(C(C)(C)C)cc1C2.CCCC[C](=[Hf+2])CCCC.[Cl-].[Cl-].c1cc[cH-]c1. The molecule has 38 heavy (non-hydrogen) atoms. The third kappa shape index (κ3) is 12.1. The zero-order valence-corrected chi connectivity index (χ0v) is 30.1. The first-order valence-corrected chi connectivity index (χ1v) is 15.7. The zero-order chi connectivity index (χ0) is 26.8. The van der Waals surface area contributed by atoms with E-state index in [1.54, 1.807) is 0 Å². The fourth-order valence-corrected chi connectivity index (χ4v) is 5.52. The number of rotatable bonds is 6. The molecule has 3 heteroatoms. The molecule has 0 saturated heterocycles. The Morgan fingerprint density at radius 2 is 1.37 bits per heavy atom. The molecule has 3 aromatic carbocycles. The summed E-state index contributed by atoms with van der Waals surface area (Å²) < 4.78 is 1.84. The van der Waals surface area contributed by atoms with E-state index in [4.69, 9.17) is 0 Å². The molecule has 0 saturated carbocycles. The molecule has 0 bridgehead atoms. The van der Waals surface area contributed by atoms with Crippen molar-refractivity contribution in [3.63, 3.8) is 0 Å². The molecule has 208 valence electrons. The third-order valence-corrected chi connectivity index (χ3v) is 8.48. The molecular weight excluding hydrogens is 670 g/mol. The second kappa shape index (κ2) is 17.7. The van der Waals surface area contributed by atoms with Crippen molar-refractivity contribution >= 4 is 3.26 Å². The maximum Gasteiger partial charge on any atom is -0.172 e. The summed E-state index contributed by atoms with van der Waals surface area (Å²) in [6.45, 7) is 18.1. The van der Waals surface area contributed by atoms with Gasteiger partial charge < -0.3 is 24.8 Å². The van der Waals surface area contributed by atoms with Crippen LogP contribution in [-0.2, 0) is 41.1 Å². The first-order valence-electron chi connectivity index (χ1n) is 13.9. The summed E-state index contributed by atoms with van der Waals surface area (Å²) in [4.78, 5) is 0. The second-order valence-electron chi connectivity index (χ2n) is 12.1. The van der Waals surface area contributed by atoms with Gasteiger partial charge in [0, 0.05) is 0 Å². The molecule has 0 amide bonds. The van der Waals surface area contributed by atoms with E-state index in [1.165, 1.54) is 95.8 Å². The molecule has 1 aliphatic rings. The summed E-state index contributed by atoms with van der Waals surface area (Å²) >= 11 is 1.33. The van der Waals surface area contributed by atoms with Gasteiger partial charge in [0.2, 0.25) is 0 Å². The maximum absolute atomic E-state index is 3.67. The molecule has 0 heterocycles. The minimum atomic E-state index is 0. The smallest absolute Gasteiger partial charge is 0.172 e. The number of fused-ring (bicyclic) bond motifs is 3. The van der Waals surface area contributed by atoms with Crippen LogP contribution in [-0.4, -0.2) is 3.26 Å². The normalized spacial score (nSPS) is 11.4. The number of hydrogen-bond acceptors (Lipinski definition) is 0. The van der Waals surface area contributed by atoms with Crippen LogP contribution in [0, 0.1) is 6.07 Å². The van der Waals surface area contributed by atoms with Crippen LogP contribution in [0.3, 0.4) is 0 Å². The van der Waals surface area contributed by atoms with Crippen LogP contribution in [0.2, 0.25) is 0 Å². The molecule has 0 unspecified atom stereocenters. The molecule has 1 aliphatic carbocycles. The Morgan fingerprint density at radius 3 is 1.82 bits per heavy atom. The molecular formula is C35H48Cl2Hf-2. The monoisotopic (exact) mass is 718 g/mol. The van der Waals surface area contributed by atoms with Gasteiger partial charge in [-0.25, -0.2) is 12.1 Å². The van der Waals surface area contributed by atoms with E-state index >= 15 is 0 Å². The Kier molecular flexibility index (Phi) is 17.3. The van der Waals surface area contributed by atoms with E-state index in [-0.39, 0.29) is 35.6 Å². The van der Waals surface area contributed by atoms with Gasteiger partial charge in [-0.15, -0.1) is 11.1 Å². The van der Waals surface area contributed by atoms with Crippen LogP contribution in [0.25, 0.3) is 11.1 Å². The van der Waals surface area contributed by atoms with Crippen molar-refractivity contribution in [2.24, 2.45) is 0 Å². The average molecular weight is 718 g/mol. The maximum atomic E-state index is 3.67. The largest absolute Gasteiger partial charge is 1.00 e. The third-order valence-electron chi connectivity index (χ3n) is 6.68. The molecule has 0 aliphatic heterocycles. The summed E-state index contributed by atoms with van der Waals surface area (Å²) in [5.41, 5.74) is 8.70. The predicted molar refractivity (Wildman–Crippen MR) is 157 cm³/mol. The topological polar surface area (TPSA) is 0 Å². The summed E-state index contributed by atoms with van der Waals surface area (Å²) in [5, 5.41) is 0. The van der Waals surface area contributed by atoms with Gasteiger partial charge in [-0.2, -0.15) is 42.0 Å². The van der Waals surface area contributed by atoms with E-state index in [2.05, 4.69) is 91.8 Å². The van der Waals surface area contributed by atoms with E-state index in [9.17, 15) is 0 Å². The number of hydrogen-bond donors (Lipinski definition) is 0. The molecule has 0 N–H and O–H groups in total. The van der Waals surface area contributed by atoms with Crippen molar-refractivity contribution in [1.82, 2.24) is 0 Å². The molecule has 3 aromatic rings. The van der Waals surface area contributed by atoms with E-state index in [0.717, 1.165) is 6.42 Å². The molecule has 0 aromatic heterocycles. The van der Waals surface area contributed by atoms with E-state index in [0.29, 0.717) is 0 Å². The molecule has 0 fully saturated rings. The molecule has 4 rings (SSSR count). The molecule has 0 radical (unpaired) electrons. The minimum absolute atomic E-state index is 0. The van der Waals surface area contributed by atoms with Crippen LogP contribution in [0.1, 0.15) is 116 Å². The number of benzene rings is 2. The summed E-state index contributed by atoms with van der Waals surface area (Å²) in [5.74, 6) is 0. The van der Waals surface area contributed by atoms with E-state index < -0.39 is 0 Å². The Balaban J connectivity index is 0.000000676. The fraction of sp³-hybridized carbons (Fsp3) is 0.486. The van der Waals surface area contributed by atoms with Gasteiger partial charge in [0.15, 0.2) is 0 Å². The van der Waals surface area contributed by atoms with Gasteiger partial charge in [-0.05, 0) is 28.4 Å². The van der Waals surface area contributed by atoms with Crippen LogP contribution >= 0.6 is 0 Å². The van der Waals surface area contributed by atoms with Gasteiger partial charge >= 0.3 is 79.5 Å². The van der Waals surface area contributed by atoms with Crippen molar-refractivity contribution in [3.8, 4) is 11.1 Å². The van der Waals surface area contributed by atoms with E-state index in [1.807, 2.05) is 33.6 Å². The standard InChI is InChI=1S/C21H25.C9H18.C5H5.2ClH.Hf/c1-20(2,3)16-7-9-18-14(12-16)11-15-13-17(21(4,5)6)8-10-19(15)18;1-3-5-7-9-8-6-4-2;1-2-4-5-3-1;;;/h7-10,12H,11H2,1-6H3;3-8H2,1-2H3;1-5H;2*1H;/q-1;;-1;;;+2/p-2. The van der Waals surface area contributed by atoms with Crippen LogP contribution in [0.4, 0.5) is 0 Å². The molecule has 0 spiro atoms. The van der Waals surface area contributed by atoms with Crippen molar-refractivity contribution in [2.75, 3.05) is 0 Å². The number of halogens is 2. The Morgan fingerprint density at radius 1 is 0.816 bits per heavy atom. The van der Waals surface area contributed by atoms with Gasteiger partial charge in [0.25, 0.3) is 0 Å². The van der Waals surface area contributed by atoms with Gasteiger partial charge in [-0.1, -0.05) is 65.3 Å². The summed E-state index contributed by atoms with van der Waals surface area (Å²) in [6, 6.07) is 25.2. The van der Waals surface area contributed by atoms with Gasteiger partial charge in [0.1, 0.15) is 0 Å². The van der Waals surface area contributed by atoms with Crippen molar-refractivity contribution in [1.29, 1.82) is 0 Å². The molecule has 0 nitrogen and oxygen atoms in total. The quantitative estimate of drug-likeness (QED) is 0.208. The van der Waals surface area contributed by atoms with Crippen LogP contribution < -0.4 is 24.8 Å². The van der Waals surface area contributed by atoms with Crippen molar-refractivity contribution in [3.05, 3.63) is 89.0 Å². The predicted octanol–water partition coefficient (Wildman–Crippen LogP) is 4.15. The average Bonchev–Trinajstić information content (AvgIpc) is 3.51. The Labute approximate surface area is 261 Å². The van der Waals surface area contributed by atoms with Crippen LogP contribution in [0.5, 0.6) is 0 Å². The molecule has 0 atom stereocenters. The summed E-state index contributed by atoms with van der Waals surface area (Å²) in [6.07, 6.45) is 9.42. The number of unbranched alkanes of at least 4 members (excludes halogenated alkanes) is 2. The van der Waals surface area contributed by atoms with Crippen molar-refractivity contribution < 1.29 is 48.7 Å². The van der Waals surface area contributed by atoms with Crippen molar-refractivity contribution in [2.45, 2.75) is 111 Å². The second-order valence-corrected chi connectivity index (χ2v) is 14.6. The first kappa shape index (κ1) is 37.1. The first-order chi connectivity index (χ1) is 17.0. The summed E-state index contributed by atoms with van der Waals surface area (Å²) in [7, 11) is 0. The Bertz CT molecular complexity index is 978. The fourth-order valence-electron chi connectivity index (χ4n) is 4.25. The Hall–Kier alpha value is -0.890. The van der Waals surface area contributed by atoms with Gasteiger partial charge in [0.05, 0.1) is 0 Å². The minimum Gasteiger partial charge on any atom is -1.00 e. The van der Waals surface area contributed by atoms with Crippen LogP contribution in [0.15, 0.2) is 60.7 Å². The van der Waals surface area contributed by atoms with Gasteiger partial charge in [-0.3, -0.25) is 0 Å².